The van der Waals surface area contributed by atoms with Crippen molar-refractivity contribution in [2.24, 2.45) is 0 Å². The second-order valence-electron chi connectivity index (χ2n) is 5.01. The fraction of sp³-hybridized carbons (Fsp3) is 0.500. The molecule has 0 saturated carbocycles. The van der Waals surface area contributed by atoms with Crippen LogP contribution in [-0.4, -0.2) is 32.1 Å². The lowest BCUT2D eigenvalue weighted by molar-refractivity contribution is -0.119. The van der Waals surface area contributed by atoms with E-state index in [1.807, 2.05) is 6.92 Å². The summed E-state index contributed by atoms with van der Waals surface area (Å²) in [5, 5.41) is 10.5. The molecule has 2 heterocycles. The van der Waals surface area contributed by atoms with Gasteiger partial charge in [0.15, 0.2) is 0 Å². The molecule has 0 bridgehead atoms. The third-order valence-corrected chi connectivity index (χ3v) is 3.24. The van der Waals surface area contributed by atoms with E-state index in [4.69, 9.17) is 4.74 Å². The van der Waals surface area contributed by atoms with Gasteiger partial charge in [-0.05, 0) is 26.8 Å². The Hall–Kier alpha value is -2.29. The van der Waals surface area contributed by atoms with Gasteiger partial charge in [-0.15, -0.1) is 0 Å². The number of amides is 1. The number of alkyl halides is 2. The number of aromatic nitrogens is 4. The zero-order chi connectivity index (χ0) is 17.0. The highest BCUT2D eigenvalue weighted by atomic mass is 19.3. The molecule has 126 valence electrons. The first-order valence-electron chi connectivity index (χ1n) is 7.17. The number of carbonyl (C=O) groups is 1. The van der Waals surface area contributed by atoms with E-state index >= 15 is 0 Å². The smallest absolute Gasteiger partial charge is 0.282 e. The molecule has 1 unspecified atom stereocenters. The third-order valence-electron chi connectivity index (χ3n) is 3.24. The van der Waals surface area contributed by atoms with Crippen LogP contribution in [0, 0.1) is 6.92 Å². The Morgan fingerprint density at radius 3 is 2.83 bits per heavy atom. The second kappa shape index (κ2) is 7.32. The van der Waals surface area contributed by atoms with Gasteiger partial charge in [-0.25, -0.2) is 13.5 Å². The normalized spacial score (nSPS) is 12.6. The Labute approximate surface area is 132 Å². The molecule has 7 nitrogen and oxygen atoms in total. The van der Waals surface area contributed by atoms with E-state index in [0.29, 0.717) is 18.0 Å². The van der Waals surface area contributed by atoms with Crippen LogP contribution in [0.4, 0.5) is 14.5 Å². The molecule has 2 aromatic rings. The highest BCUT2D eigenvalue weighted by Gasteiger charge is 2.21. The summed E-state index contributed by atoms with van der Waals surface area (Å²) < 4.78 is 33.4. The van der Waals surface area contributed by atoms with E-state index in [2.05, 4.69) is 15.5 Å². The number of hydrogen-bond donors (Lipinski definition) is 1. The molecule has 0 radical (unpaired) electrons. The van der Waals surface area contributed by atoms with E-state index in [-0.39, 0.29) is 18.3 Å². The van der Waals surface area contributed by atoms with Crippen molar-refractivity contribution in [3.05, 3.63) is 29.8 Å². The number of carbonyl (C=O) groups excluding carboxylic acids is 1. The molecular weight excluding hydrogens is 308 g/mol. The minimum absolute atomic E-state index is 0.290. The fourth-order valence-corrected chi connectivity index (χ4v) is 2.05. The van der Waals surface area contributed by atoms with Crippen LogP contribution in [0.25, 0.3) is 0 Å². The maximum absolute atomic E-state index is 12.7. The van der Waals surface area contributed by atoms with E-state index < -0.39 is 12.5 Å². The minimum atomic E-state index is -2.66. The first-order valence-corrected chi connectivity index (χ1v) is 7.17. The van der Waals surface area contributed by atoms with Gasteiger partial charge in [0.25, 0.3) is 6.43 Å². The van der Waals surface area contributed by atoms with Gasteiger partial charge in [-0.3, -0.25) is 9.48 Å². The van der Waals surface area contributed by atoms with Gasteiger partial charge in [-0.1, -0.05) is 0 Å². The van der Waals surface area contributed by atoms with Gasteiger partial charge in [0.05, 0.1) is 18.1 Å². The molecular formula is C14H19F2N5O2. The number of halogens is 2. The number of anilines is 1. The van der Waals surface area contributed by atoms with Gasteiger partial charge in [0.2, 0.25) is 5.91 Å². The first-order chi connectivity index (χ1) is 10.9. The summed E-state index contributed by atoms with van der Waals surface area (Å²) in [4.78, 5) is 12.2. The third kappa shape index (κ3) is 4.13. The molecule has 0 aliphatic carbocycles. The summed E-state index contributed by atoms with van der Waals surface area (Å²) >= 11 is 0. The number of nitrogens with zero attached hydrogens (tertiary/aromatic N) is 4. The Morgan fingerprint density at radius 2 is 2.22 bits per heavy atom. The molecule has 9 heteroatoms. The quantitative estimate of drug-likeness (QED) is 0.848. The highest BCUT2D eigenvalue weighted by molar-refractivity contribution is 5.93. The van der Waals surface area contributed by atoms with Crippen LogP contribution in [-0.2, 0) is 16.3 Å². The maximum atomic E-state index is 12.7. The molecule has 0 aromatic carbocycles. The van der Waals surface area contributed by atoms with Crippen LogP contribution in [0.2, 0.25) is 0 Å². The summed E-state index contributed by atoms with van der Waals surface area (Å²) in [6, 6.07) is 0.548. The molecule has 1 N–H and O–H groups in total. The second-order valence-corrected chi connectivity index (χ2v) is 5.01. The molecule has 0 aliphatic rings. The van der Waals surface area contributed by atoms with Crippen molar-refractivity contribution in [2.45, 2.75) is 40.0 Å². The Bertz CT molecular complexity index is 668. The van der Waals surface area contributed by atoms with Crippen LogP contribution in [0.3, 0.4) is 0 Å². The number of ether oxygens (including phenoxy) is 1. The SMILES string of the molecule is CCOCn1cc(NC(=O)C(C)n2nc(C(F)F)cc2C)cn1. The van der Waals surface area contributed by atoms with E-state index in [9.17, 15) is 13.6 Å². The number of hydrogen-bond acceptors (Lipinski definition) is 4. The summed E-state index contributed by atoms with van der Waals surface area (Å²) in [5.41, 5.74) is 0.655. The van der Waals surface area contributed by atoms with Crippen molar-refractivity contribution < 1.29 is 18.3 Å². The van der Waals surface area contributed by atoms with Crippen LogP contribution in [0.15, 0.2) is 18.5 Å². The molecule has 1 amide bonds. The molecule has 23 heavy (non-hydrogen) atoms. The van der Waals surface area contributed by atoms with E-state index in [0.717, 1.165) is 0 Å². The lowest BCUT2D eigenvalue weighted by Crippen LogP contribution is -2.25. The summed E-state index contributed by atoms with van der Waals surface area (Å²) in [6.07, 6.45) is 0.451. The number of nitrogens with one attached hydrogen (secondary N) is 1. The van der Waals surface area contributed by atoms with E-state index in [1.54, 1.807) is 20.0 Å². The maximum Gasteiger partial charge on any atom is 0.282 e. The topological polar surface area (TPSA) is 74.0 Å². The highest BCUT2D eigenvalue weighted by Crippen LogP contribution is 2.21. The molecule has 0 aliphatic heterocycles. The zero-order valence-corrected chi connectivity index (χ0v) is 13.2. The standard InChI is InChI=1S/C14H19F2N5O2/c1-4-23-8-20-7-11(6-17-20)18-14(22)10(3)21-9(2)5-12(19-21)13(15)16/h5-7,10,13H,4,8H2,1-3H3,(H,18,22). The van der Waals surface area contributed by atoms with Crippen LogP contribution in [0.1, 0.15) is 37.7 Å². The van der Waals surface area contributed by atoms with Gasteiger partial charge >= 0.3 is 0 Å². The lowest BCUT2D eigenvalue weighted by Gasteiger charge is -2.13. The zero-order valence-electron chi connectivity index (χ0n) is 13.2. The summed E-state index contributed by atoms with van der Waals surface area (Å²) in [7, 11) is 0. The van der Waals surface area contributed by atoms with Gasteiger partial charge in [0.1, 0.15) is 18.5 Å². The lowest BCUT2D eigenvalue weighted by atomic mass is 10.3. The Kier molecular flexibility index (Phi) is 5.43. The van der Waals surface area contributed by atoms with Crippen LogP contribution >= 0.6 is 0 Å². The molecule has 0 spiro atoms. The van der Waals surface area contributed by atoms with Crippen molar-refractivity contribution in [3.8, 4) is 0 Å². The van der Waals surface area contributed by atoms with Gasteiger partial charge in [-0.2, -0.15) is 10.2 Å². The predicted molar refractivity (Wildman–Crippen MR) is 79.1 cm³/mol. The Balaban J connectivity index is 2.03. The molecule has 0 saturated heterocycles. The molecule has 1 atom stereocenters. The first kappa shape index (κ1) is 17.1. The minimum Gasteiger partial charge on any atom is -0.360 e. The van der Waals surface area contributed by atoms with E-state index in [1.165, 1.54) is 21.6 Å². The Morgan fingerprint density at radius 1 is 1.48 bits per heavy atom. The van der Waals surface area contributed by atoms with Crippen molar-refractivity contribution in [1.29, 1.82) is 0 Å². The van der Waals surface area contributed by atoms with Crippen molar-refractivity contribution >= 4 is 11.6 Å². The summed E-state index contributed by atoms with van der Waals surface area (Å²) in [6.45, 7) is 5.94. The van der Waals surface area contributed by atoms with Crippen molar-refractivity contribution in [2.75, 3.05) is 11.9 Å². The predicted octanol–water partition coefficient (Wildman–Crippen LogP) is 2.52. The number of aryl methyl sites for hydroxylation is 1. The molecule has 2 rings (SSSR count). The van der Waals surface area contributed by atoms with Crippen molar-refractivity contribution in [1.82, 2.24) is 19.6 Å². The fourth-order valence-electron chi connectivity index (χ4n) is 2.05. The van der Waals surface area contributed by atoms with Crippen molar-refractivity contribution in [3.63, 3.8) is 0 Å². The average Bonchev–Trinajstić information content (AvgIpc) is 3.11. The van der Waals surface area contributed by atoms with Gasteiger partial charge in [0, 0.05) is 12.3 Å². The monoisotopic (exact) mass is 327 g/mol. The number of rotatable bonds is 7. The summed E-state index contributed by atoms with van der Waals surface area (Å²) in [5.74, 6) is -0.368. The largest absolute Gasteiger partial charge is 0.360 e. The van der Waals surface area contributed by atoms with Crippen LogP contribution in [0.5, 0.6) is 0 Å². The molecule has 2 aromatic heterocycles. The molecule has 0 fully saturated rings. The average molecular weight is 327 g/mol. The van der Waals surface area contributed by atoms with Gasteiger partial charge < -0.3 is 10.1 Å². The van der Waals surface area contributed by atoms with Crippen LogP contribution < -0.4 is 5.32 Å².